The number of hydrogen-bond donors (Lipinski definition) is 0. The van der Waals surface area contributed by atoms with Crippen molar-refractivity contribution in [2.45, 2.75) is 39.0 Å². The molecule has 3 aliphatic carbocycles. The maximum Gasteiger partial charge on any atom is 0.145 e. The van der Waals surface area contributed by atoms with Crippen LogP contribution in [0.4, 0.5) is 34.1 Å². The standard InChI is InChI=1S/C59H46N2O/c1-37-19-5-14-28-50(37)60(51-29-15-6-20-38(51)2)41-33-34-44-48(35-41)59(46-26-12-9-23-42(46)43-24-10-13-27-47(43)59)49-36-54(57-45-25-11-18-32-55(45)62-58(57)56(44)49)61(52-30-16-7-21-39(52)3)53-31-17-8-22-40(53)4/h5-36,42,46H,1-4H3. The molecule has 3 atom stereocenters. The molecule has 9 aromatic rings. The van der Waals surface area contributed by atoms with Crippen molar-refractivity contribution >= 4 is 56.1 Å². The summed E-state index contributed by atoms with van der Waals surface area (Å²) >= 11 is 0. The molecule has 62 heavy (non-hydrogen) atoms. The Morgan fingerprint density at radius 2 is 1.02 bits per heavy atom. The highest BCUT2D eigenvalue weighted by molar-refractivity contribution is 6.19. The van der Waals surface area contributed by atoms with Gasteiger partial charge in [0.05, 0.1) is 16.5 Å². The van der Waals surface area contributed by atoms with Gasteiger partial charge in [0.25, 0.3) is 0 Å². The van der Waals surface area contributed by atoms with Gasteiger partial charge in [-0.25, -0.2) is 0 Å². The lowest BCUT2D eigenvalue weighted by Crippen LogP contribution is -2.33. The van der Waals surface area contributed by atoms with Gasteiger partial charge >= 0.3 is 0 Å². The van der Waals surface area contributed by atoms with Gasteiger partial charge in [-0.1, -0.05) is 146 Å². The van der Waals surface area contributed by atoms with E-state index in [2.05, 4.69) is 232 Å². The van der Waals surface area contributed by atoms with Gasteiger partial charge in [-0.2, -0.15) is 0 Å². The highest BCUT2D eigenvalue weighted by Crippen LogP contribution is 2.68. The lowest BCUT2D eigenvalue weighted by molar-refractivity contribution is 0.465. The number of aryl methyl sites for hydroxylation is 4. The molecule has 0 saturated heterocycles. The van der Waals surface area contributed by atoms with Crippen LogP contribution >= 0.6 is 0 Å². The minimum absolute atomic E-state index is 0.130. The third-order valence-corrected chi connectivity index (χ3v) is 14.1. The van der Waals surface area contributed by atoms with Crippen molar-refractivity contribution in [3.05, 3.63) is 239 Å². The van der Waals surface area contributed by atoms with Crippen LogP contribution in [-0.4, -0.2) is 0 Å². The Labute approximate surface area is 363 Å². The van der Waals surface area contributed by atoms with Crippen LogP contribution in [0.15, 0.2) is 199 Å². The minimum atomic E-state index is -0.530. The zero-order valence-electron chi connectivity index (χ0n) is 35.4. The van der Waals surface area contributed by atoms with E-state index in [1.165, 1.54) is 67.0 Å². The largest absolute Gasteiger partial charge is 0.455 e. The maximum absolute atomic E-state index is 7.28. The zero-order chi connectivity index (χ0) is 41.7. The molecule has 0 bridgehead atoms. The van der Waals surface area contributed by atoms with Gasteiger partial charge in [0.15, 0.2) is 0 Å². The second-order valence-corrected chi connectivity index (χ2v) is 17.4. The molecule has 0 amide bonds. The lowest BCUT2D eigenvalue weighted by atomic mass is 9.65. The fourth-order valence-electron chi connectivity index (χ4n) is 11.3. The fourth-order valence-corrected chi connectivity index (χ4v) is 11.3. The van der Waals surface area contributed by atoms with Crippen LogP contribution in [0, 0.1) is 33.6 Å². The monoisotopic (exact) mass is 798 g/mol. The lowest BCUT2D eigenvalue weighted by Gasteiger charge is -2.38. The molecule has 3 nitrogen and oxygen atoms in total. The van der Waals surface area contributed by atoms with Gasteiger partial charge < -0.3 is 14.2 Å². The third-order valence-electron chi connectivity index (χ3n) is 14.1. The smallest absolute Gasteiger partial charge is 0.145 e. The van der Waals surface area contributed by atoms with E-state index < -0.39 is 5.41 Å². The van der Waals surface area contributed by atoms with Crippen molar-refractivity contribution in [3.63, 3.8) is 0 Å². The van der Waals surface area contributed by atoms with E-state index >= 15 is 0 Å². The van der Waals surface area contributed by atoms with E-state index in [4.69, 9.17) is 4.42 Å². The van der Waals surface area contributed by atoms with E-state index in [0.29, 0.717) is 0 Å². The van der Waals surface area contributed by atoms with Gasteiger partial charge in [-0.15, -0.1) is 0 Å². The SMILES string of the molecule is Cc1ccccc1N(c1ccc2c(c1)C1(c3ccccc3C3C=CC=CC31)c1cc(N(c3ccccc3C)c3ccccc3C)c3c(oc4ccccc43)c1-2)c1ccccc1C. The van der Waals surface area contributed by atoms with Gasteiger partial charge in [0, 0.05) is 51.2 Å². The van der Waals surface area contributed by atoms with Crippen molar-refractivity contribution in [2.24, 2.45) is 5.92 Å². The van der Waals surface area contributed by atoms with E-state index in [0.717, 1.165) is 44.7 Å². The molecular weight excluding hydrogens is 753 g/mol. The summed E-state index contributed by atoms with van der Waals surface area (Å²) in [4.78, 5) is 4.97. The Morgan fingerprint density at radius 3 is 1.66 bits per heavy atom. The van der Waals surface area contributed by atoms with Crippen LogP contribution in [0.2, 0.25) is 0 Å². The maximum atomic E-state index is 7.28. The number of benzene rings is 8. The number of para-hydroxylation sites is 5. The summed E-state index contributed by atoms with van der Waals surface area (Å²) in [7, 11) is 0. The van der Waals surface area contributed by atoms with Crippen LogP contribution in [0.25, 0.3) is 33.1 Å². The summed E-state index contributed by atoms with van der Waals surface area (Å²) in [6, 6.07) is 62.8. The molecule has 1 heterocycles. The first-order valence-corrected chi connectivity index (χ1v) is 21.9. The van der Waals surface area contributed by atoms with Crippen LogP contribution in [0.3, 0.4) is 0 Å². The van der Waals surface area contributed by atoms with Gasteiger partial charge in [-0.05, 0) is 126 Å². The molecular formula is C59H46N2O. The summed E-state index contributed by atoms with van der Waals surface area (Å²) in [5.41, 5.74) is 20.8. The Balaban J connectivity index is 1.24. The molecule has 8 aromatic carbocycles. The average Bonchev–Trinajstić information content (AvgIpc) is 3.93. The summed E-state index contributed by atoms with van der Waals surface area (Å²) in [5, 5.41) is 2.24. The molecule has 0 fully saturated rings. The predicted octanol–water partition coefficient (Wildman–Crippen LogP) is 15.9. The number of allylic oxidation sites excluding steroid dienone is 4. The van der Waals surface area contributed by atoms with Crippen molar-refractivity contribution in [3.8, 4) is 11.1 Å². The highest BCUT2D eigenvalue weighted by atomic mass is 16.3. The topological polar surface area (TPSA) is 19.6 Å². The van der Waals surface area contributed by atoms with Crippen LogP contribution in [-0.2, 0) is 5.41 Å². The molecule has 1 aromatic heterocycles. The molecule has 3 aliphatic rings. The average molecular weight is 799 g/mol. The third kappa shape index (κ3) is 5.06. The molecule has 12 rings (SSSR count). The summed E-state index contributed by atoms with van der Waals surface area (Å²) < 4.78 is 7.28. The zero-order valence-corrected chi connectivity index (χ0v) is 35.4. The number of furan rings is 1. The van der Waals surface area contributed by atoms with Crippen LogP contribution in [0.5, 0.6) is 0 Å². The molecule has 0 aliphatic heterocycles. The second-order valence-electron chi connectivity index (χ2n) is 17.4. The first-order chi connectivity index (χ1) is 30.4. The van der Waals surface area contributed by atoms with Crippen molar-refractivity contribution in [1.29, 1.82) is 0 Å². The number of fused-ring (bicyclic) bond motifs is 14. The Kier molecular flexibility index (Phi) is 8.14. The van der Waals surface area contributed by atoms with Gasteiger partial charge in [0.1, 0.15) is 11.2 Å². The summed E-state index contributed by atoms with van der Waals surface area (Å²) in [5.74, 6) is 0.340. The number of hydrogen-bond acceptors (Lipinski definition) is 3. The van der Waals surface area contributed by atoms with Crippen LogP contribution in [0.1, 0.15) is 50.4 Å². The van der Waals surface area contributed by atoms with E-state index in [9.17, 15) is 0 Å². The second kappa shape index (κ2) is 13.8. The Hall–Kier alpha value is -7.36. The molecule has 0 radical (unpaired) electrons. The first-order valence-electron chi connectivity index (χ1n) is 21.9. The summed E-state index contributed by atoms with van der Waals surface area (Å²) in [6.45, 7) is 8.89. The number of nitrogens with zero attached hydrogens (tertiary/aromatic N) is 2. The number of anilines is 6. The van der Waals surface area contributed by atoms with Gasteiger partial charge in [-0.3, -0.25) is 0 Å². The molecule has 0 N–H and O–H groups in total. The van der Waals surface area contributed by atoms with Gasteiger partial charge in [0.2, 0.25) is 0 Å². The van der Waals surface area contributed by atoms with Crippen LogP contribution < -0.4 is 9.80 Å². The molecule has 3 unspecified atom stereocenters. The van der Waals surface area contributed by atoms with Crippen molar-refractivity contribution in [1.82, 2.24) is 0 Å². The van der Waals surface area contributed by atoms with E-state index in [1.807, 2.05) is 0 Å². The Bertz CT molecular complexity index is 3260. The molecule has 0 saturated carbocycles. The summed E-state index contributed by atoms with van der Waals surface area (Å²) in [6.07, 6.45) is 9.44. The fraction of sp³-hybridized carbons (Fsp3) is 0.119. The first kappa shape index (κ1) is 36.5. The highest BCUT2D eigenvalue weighted by Gasteiger charge is 2.58. The predicted molar refractivity (Wildman–Crippen MR) is 258 cm³/mol. The number of rotatable bonds is 6. The van der Waals surface area contributed by atoms with Crippen molar-refractivity contribution in [2.75, 3.05) is 9.80 Å². The molecule has 1 spiro atoms. The Morgan fingerprint density at radius 1 is 0.468 bits per heavy atom. The molecule has 298 valence electrons. The van der Waals surface area contributed by atoms with E-state index in [-0.39, 0.29) is 11.8 Å². The van der Waals surface area contributed by atoms with Crippen molar-refractivity contribution < 1.29 is 4.42 Å². The van der Waals surface area contributed by atoms with E-state index in [1.54, 1.807) is 0 Å². The quantitative estimate of drug-likeness (QED) is 0.167. The normalized spacial score (nSPS) is 17.9. The minimum Gasteiger partial charge on any atom is -0.455 e. The molecule has 3 heteroatoms.